The summed E-state index contributed by atoms with van der Waals surface area (Å²) >= 11 is 3.17. The SMILES string of the molecule is CCCn1nccc1C(=O)Nc1ccc(Br)cc1F. The van der Waals surface area contributed by atoms with Crippen LogP contribution in [0.3, 0.4) is 0 Å². The Morgan fingerprint density at radius 3 is 2.95 bits per heavy atom. The quantitative estimate of drug-likeness (QED) is 0.935. The van der Waals surface area contributed by atoms with Gasteiger partial charge in [0.2, 0.25) is 0 Å². The Kier molecular flexibility index (Phi) is 4.31. The molecule has 0 fully saturated rings. The van der Waals surface area contributed by atoms with Crippen molar-refractivity contribution in [3.63, 3.8) is 0 Å². The van der Waals surface area contributed by atoms with Crippen LogP contribution in [0.15, 0.2) is 34.9 Å². The molecule has 6 heteroatoms. The van der Waals surface area contributed by atoms with Crippen LogP contribution in [0, 0.1) is 5.82 Å². The Hall–Kier alpha value is -1.69. The van der Waals surface area contributed by atoms with E-state index >= 15 is 0 Å². The largest absolute Gasteiger partial charge is 0.318 e. The van der Waals surface area contributed by atoms with Crippen LogP contribution in [0.5, 0.6) is 0 Å². The van der Waals surface area contributed by atoms with Gasteiger partial charge in [-0.2, -0.15) is 5.10 Å². The Balaban J connectivity index is 2.18. The van der Waals surface area contributed by atoms with Crippen LogP contribution in [0.4, 0.5) is 10.1 Å². The van der Waals surface area contributed by atoms with Crippen molar-refractivity contribution in [2.75, 3.05) is 5.32 Å². The van der Waals surface area contributed by atoms with Gasteiger partial charge in [0.25, 0.3) is 5.91 Å². The van der Waals surface area contributed by atoms with E-state index in [1.807, 2.05) is 6.92 Å². The maximum atomic E-state index is 13.6. The third kappa shape index (κ3) is 3.20. The molecule has 1 amide bonds. The van der Waals surface area contributed by atoms with Gasteiger partial charge in [0.15, 0.2) is 0 Å². The van der Waals surface area contributed by atoms with Gasteiger partial charge in [0.1, 0.15) is 11.5 Å². The predicted molar refractivity (Wildman–Crippen MR) is 74.6 cm³/mol. The van der Waals surface area contributed by atoms with Gasteiger partial charge in [-0.1, -0.05) is 22.9 Å². The lowest BCUT2D eigenvalue weighted by atomic mass is 10.3. The molecule has 19 heavy (non-hydrogen) atoms. The highest BCUT2D eigenvalue weighted by Crippen LogP contribution is 2.20. The van der Waals surface area contributed by atoms with E-state index in [2.05, 4.69) is 26.3 Å². The van der Waals surface area contributed by atoms with Gasteiger partial charge in [-0.25, -0.2) is 4.39 Å². The number of amides is 1. The smallest absolute Gasteiger partial charge is 0.274 e. The fourth-order valence-corrected chi connectivity index (χ4v) is 2.03. The number of benzene rings is 1. The zero-order chi connectivity index (χ0) is 13.8. The molecule has 0 aliphatic rings. The molecule has 100 valence electrons. The van der Waals surface area contributed by atoms with Gasteiger partial charge in [-0.15, -0.1) is 0 Å². The minimum atomic E-state index is -0.482. The van der Waals surface area contributed by atoms with Crippen LogP contribution < -0.4 is 5.32 Å². The molecule has 0 unspecified atom stereocenters. The van der Waals surface area contributed by atoms with Gasteiger partial charge in [-0.3, -0.25) is 9.48 Å². The van der Waals surface area contributed by atoms with E-state index in [9.17, 15) is 9.18 Å². The molecule has 0 spiro atoms. The summed E-state index contributed by atoms with van der Waals surface area (Å²) in [6, 6.07) is 6.10. The minimum Gasteiger partial charge on any atom is -0.318 e. The molecule has 0 saturated carbocycles. The molecule has 4 nitrogen and oxygen atoms in total. The normalized spacial score (nSPS) is 10.5. The second-order valence-corrected chi connectivity index (χ2v) is 4.93. The molecule has 2 aromatic rings. The van der Waals surface area contributed by atoms with Crippen LogP contribution in [-0.2, 0) is 6.54 Å². The van der Waals surface area contributed by atoms with Crippen LogP contribution in [0.2, 0.25) is 0 Å². The number of nitrogens with one attached hydrogen (secondary N) is 1. The summed E-state index contributed by atoms with van der Waals surface area (Å²) < 4.78 is 15.9. The number of anilines is 1. The third-order valence-electron chi connectivity index (χ3n) is 2.56. The maximum absolute atomic E-state index is 13.6. The summed E-state index contributed by atoms with van der Waals surface area (Å²) in [5, 5.41) is 6.60. The van der Waals surface area contributed by atoms with Crippen molar-refractivity contribution in [1.82, 2.24) is 9.78 Å². The molecule has 0 radical (unpaired) electrons. The molecule has 0 atom stereocenters. The summed E-state index contributed by atoms with van der Waals surface area (Å²) in [4.78, 5) is 12.1. The van der Waals surface area contributed by atoms with E-state index in [-0.39, 0.29) is 11.6 Å². The monoisotopic (exact) mass is 325 g/mol. The highest BCUT2D eigenvalue weighted by atomic mass is 79.9. The third-order valence-corrected chi connectivity index (χ3v) is 3.06. The van der Waals surface area contributed by atoms with E-state index < -0.39 is 5.82 Å². The fourth-order valence-electron chi connectivity index (χ4n) is 1.69. The van der Waals surface area contributed by atoms with Crippen LogP contribution >= 0.6 is 15.9 Å². The summed E-state index contributed by atoms with van der Waals surface area (Å²) in [7, 11) is 0. The first kappa shape index (κ1) is 13.7. The number of halogens is 2. The van der Waals surface area contributed by atoms with E-state index in [1.54, 1.807) is 23.0 Å². The second-order valence-electron chi connectivity index (χ2n) is 4.02. The molecular weight excluding hydrogens is 313 g/mol. The average Bonchev–Trinajstić information content (AvgIpc) is 2.81. The molecule has 0 aliphatic heterocycles. The number of hydrogen-bond acceptors (Lipinski definition) is 2. The Labute approximate surface area is 118 Å². The summed E-state index contributed by atoms with van der Waals surface area (Å²) in [6.07, 6.45) is 2.43. The van der Waals surface area contributed by atoms with E-state index in [1.165, 1.54) is 12.1 Å². The van der Waals surface area contributed by atoms with Gasteiger partial charge in [0, 0.05) is 17.2 Å². The number of nitrogens with zero attached hydrogens (tertiary/aromatic N) is 2. The molecule has 1 aromatic heterocycles. The molecular formula is C13H13BrFN3O. The Morgan fingerprint density at radius 2 is 2.26 bits per heavy atom. The minimum absolute atomic E-state index is 0.150. The molecule has 1 aromatic carbocycles. The van der Waals surface area contributed by atoms with Crippen LogP contribution in [-0.4, -0.2) is 15.7 Å². The van der Waals surface area contributed by atoms with Gasteiger partial charge in [0.05, 0.1) is 5.69 Å². The van der Waals surface area contributed by atoms with Gasteiger partial charge in [-0.05, 0) is 30.7 Å². The van der Waals surface area contributed by atoms with Gasteiger partial charge < -0.3 is 5.32 Å². The van der Waals surface area contributed by atoms with Crippen molar-refractivity contribution in [2.45, 2.75) is 19.9 Å². The van der Waals surface area contributed by atoms with E-state index in [0.717, 1.165) is 6.42 Å². The molecule has 0 aliphatic carbocycles. The number of rotatable bonds is 4. The lowest BCUT2D eigenvalue weighted by Crippen LogP contribution is -2.18. The zero-order valence-electron chi connectivity index (χ0n) is 10.4. The molecule has 2 rings (SSSR count). The zero-order valence-corrected chi connectivity index (χ0v) is 11.9. The summed E-state index contributed by atoms with van der Waals surface area (Å²) in [6.45, 7) is 2.65. The Morgan fingerprint density at radius 1 is 1.47 bits per heavy atom. The van der Waals surface area contributed by atoms with Crippen molar-refractivity contribution in [2.24, 2.45) is 0 Å². The van der Waals surface area contributed by atoms with E-state index in [4.69, 9.17) is 0 Å². The first-order valence-corrected chi connectivity index (χ1v) is 6.69. The summed E-state index contributed by atoms with van der Waals surface area (Å²) in [5.41, 5.74) is 0.571. The van der Waals surface area contributed by atoms with Crippen molar-refractivity contribution in [3.05, 3.63) is 46.4 Å². The Bertz CT molecular complexity index is 597. The number of hydrogen-bond donors (Lipinski definition) is 1. The highest BCUT2D eigenvalue weighted by Gasteiger charge is 2.13. The summed E-state index contributed by atoms with van der Waals surface area (Å²) in [5.74, 6) is -0.851. The second kappa shape index (κ2) is 5.97. The van der Waals surface area contributed by atoms with E-state index in [0.29, 0.717) is 16.7 Å². The molecule has 0 bridgehead atoms. The maximum Gasteiger partial charge on any atom is 0.274 e. The first-order chi connectivity index (χ1) is 9.11. The lowest BCUT2D eigenvalue weighted by Gasteiger charge is -2.08. The predicted octanol–water partition coefficient (Wildman–Crippen LogP) is 3.45. The van der Waals surface area contributed by atoms with Crippen molar-refractivity contribution >= 4 is 27.5 Å². The van der Waals surface area contributed by atoms with Crippen molar-refractivity contribution < 1.29 is 9.18 Å². The fraction of sp³-hybridized carbons (Fsp3) is 0.231. The molecule has 1 heterocycles. The molecule has 1 N–H and O–H groups in total. The van der Waals surface area contributed by atoms with Gasteiger partial charge >= 0.3 is 0 Å². The lowest BCUT2D eigenvalue weighted by molar-refractivity contribution is 0.101. The molecule has 0 saturated heterocycles. The standard InChI is InChI=1S/C13H13BrFN3O/c1-2-7-18-12(5-6-16-18)13(19)17-11-4-3-9(14)8-10(11)15/h3-6,8H,2,7H2,1H3,(H,17,19). The number of aromatic nitrogens is 2. The van der Waals surface area contributed by atoms with Crippen molar-refractivity contribution in [3.8, 4) is 0 Å². The number of carbonyl (C=O) groups is 1. The van der Waals surface area contributed by atoms with Crippen LogP contribution in [0.1, 0.15) is 23.8 Å². The first-order valence-electron chi connectivity index (χ1n) is 5.90. The highest BCUT2D eigenvalue weighted by molar-refractivity contribution is 9.10. The topological polar surface area (TPSA) is 46.9 Å². The van der Waals surface area contributed by atoms with Crippen LogP contribution in [0.25, 0.3) is 0 Å². The number of aryl methyl sites for hydroxylation is 1. The van der Waals surface area contributed by atoms with Crippen molar-refractivity contribution in [1.29, 1.82) is 0 Å². The number of carbonyl (C=O) groups excluding carboxylic acids is 1. The average molecular weight is 326 g/mol.